The number of hydrogen-bond donors (Lipinski definition) is 4. The maximum absolute atomic E-state index is 11.2. The predicted octanol–water partition coefficient (Wildman–Crippen LogP) is 3.71. The predicted molar refractivity (Wildman–Crippen MR) is 117 cm³/mol. The summed E-state index contributed by atoms with van der Waals surface area (Å²) in [5, 5.41) is 25.8. The molecule has 0 fully saturated rings. The van der Waals surface area contributed by atoms with Crippen LogP contribution >= 0.6 is 46.6 Å². The van der Waals surface area contributed by atoms with E-state index >= 15 is 0 Å². The molecule has 134 valence electrons. The van der Waals surface area contributed by atoms with Gasteiger partial charge in [-0.1, -0.05) is 6.07 Å². The van der Waals surface area contributed by atoms with Gasteiger partial charge in [0.05, 0.1) is 5.69 Å². The van der Waals surface area contributed by atoms with Gasteiger partial charge in [0.1, 0.15) is 0 Å². The molecule has 0 bridgehead atoms. The van der Waals surface area contributed by atoms with Crippen molar-refractivity contribution in [2.45, 2.75) is 25.8 Å². The molecule has 5 nitrogen and oxygen atoms in total. The van der Waals surface area contributed by atoms with Crippen LogP contribution in [0.15, 0.2) is 30.3 Å². The van der Waals surface area contributed by atoms with E-state index in [1.807, 2.05) is 12.1 Å². The number of fused-ring (bicyclic) bond motifs is 1. The Hall–Kier alpha value is -1.07. The van der Waals surface area contributed by atoms with Crippen LogP contribution in [0.4, 0.5) is 5.69 Å². The minimum Gasteiger partial charge on any atom is -0.504 e. The highest BCUT2D eigenvalue weighted by molar-refractivity contribution is 14.1. The van der Waals surface area contributed by atoms with Crippen LogP contribution in [-0.2, 0) is 17.6 Å². The molecule has 0 spiro atoms. The van der Waals surface area contributed by atoms with E-state index in [2.05, 4.69) is 39.3 Å². The molecule has 0 aromatic heterocycles. The van der Waals surface area contributed by atoms with Crippen molar-refractivity contribution < 1.29 is 15.0 Å². The quantitative estimate of drug-likeness (QED) is 0.338. The van der Waals surface area contributed by atoms with Gasteiger partial charge in [0.25, 0.3) is 0 Å². The summed E-state index contributed by atoms with van der Waals surface area (Å²) < 4.78 is 0.991. The molecule has 0 aliphatic carbocycles. The first-order chi connectivity index (χ1) is 11.4. The Kier molecular flexibility index (Phi) is 6.92. The van der Waals surface area contributed by atoms with Crippen LogP contribution in [0.3, 0.4) is 0 Å². The summed E-state index contributed by atoms with van der Waals surface area (Å²) in [4.78, 5) is 11.2. The van der Waals surface area contributed by atoms with Crippen molar-refractivity contribution >= 4 is 58.2 Å². The van der Waals surface area contributed by atoms with Gasteiger partial charge in [-0.05, 0) is 82.9 Å². The summed E-state index contributed by atoms with van der Waals surface area (Å²) in [6, 6.07) is 9.37. The van der Waals surface area contributed by atoms with E-state index in [4.69, 9.17) is 0 Å². The molecule has 0 saturated heterocycles. The Labute approximate surface area is 177 Å². The second-order valence-corrected chi connectivity index (χ2v) is 7.16. The van der Waals surface area contributed by atoms with Crippen molar-refractivity contribution in [2.75, 3.05) is 11.9 Å². The fraction of sp³-hybridized carbons (Fsp3) is 0.278. The Balaban J connectivity index is 0.00000225. The molecule has 4 N–H and O–H groups in total. The smallest absolute Gasteiger partial charge is 0.221 e. The molecule has 1 atom stereocenters. The third-order valence-corrected chi connectivity index (χ3v) is 5.07. The lowest BCUT2D eigenvalue weighted by atomic mass is 9.90. The number of hydrogen-bond acceptors (Lipinski definition) is 4. The van der Waals surface area contributed by atoms with Crippen LogP contribution in [0.2, 0.25) is 0 Å². The Morgan fingerprint density at radius 1 is 1.28 bits per heavy atom. The first-order valence-corrected chi connectivity index (χ1v) is 8.86. The molecule has 1 aliphatic rings. The molecule has 3 rings (SSSR count). The molecule has 0 radical (unpaired) electrons. The standard InChI is InChI=1S/C18H19IN2O3.HI/c1-10(22)21-15-3-2-11(6-14(15)19)7-16-13-9-18(24)17(23)8-12(13)4-5-20-16;/h2-3,6,8-9,16,20,23-24H,4-5,7H2,1H3,(H,21,22);1H. The number of amides is 1. The molecule has 0 saturated carbocycles. The number of anilines is 1. The maximum atomic E-state index is 11.2. The number of benzene rings is 2. The molecule has 1 unspecified atom stereocenters. The van der Waals surface area contributed by atoms with Crippen LogP contribution in [0, 0.1) is 3.57 Å². The number of phenols is 2. The fourth-order valence-electron chi connectivity index (χ4n) is 3.06. The highest BCUT2D eigenvalue weighted by Crippen LogP contribution is 2.35. The Morgan fingerprint density at radius 3 is 2.68 bits per heavy atom. The van der Waals surface area contributed by atoms with Gasteiger partial charge in [0.15, 0.2) is 11.5 Å². The van der Waals surface area contributed by atoms with Crippen molar-refractivity contribution in [1.29, 1.82) is 0 Å². The first-order valence-electron chi connectivity index (χ1n) is 7.78. The second-order valence-electron chi connectivity index (χ2n) is 6.00. The summed E-state index contributed by atoms with van der Waals surface area (Å²) in [7, 11) is 0. The number of rotatable bonds is 3. The molecule has 1 heterocycles. The second kappa shape index (κ2) is 8.54. The zero-order valence-electron chi connectivity index (χ0n) is 13.7. The van der Waals surface area contributed by atoms with E-state index < -0.39 is 0 Å². The maximum Gasteiger partial charge on any atom is 0.221 e. The average Bonchev–Trinajstić information content (AvgIpc) is 2.51. The van der Waals surface area contributed by atoms with E-state index in [9.17, 15) is 15.0 Å². The Bertz CT molecular complexity index is 796. The van der Waals surface area contributed by atoms with Crippen LogP contribution < -0.4 is 10.6 Å². The largest absolute Gasteiger partial charge is 0.504 e. The normalized spacial score (nSPS) is 15.8. The lowest BCUT2D eigenvalue weighted by molar-refractivity contribution is -0.114. The van der Waals surface area contributed by atoms with Crippen molar-refractivity contribution in [1.82, 2.24) is 5.32 Å². The van der Waals surface area contributed by atoms with Crippen LogP contribution in [-0.4, -0.2) is 22.7 Å². The third kappa shape index (κ3) is 4.76. The zero-order valence-corrected chi connectivity index (χ0v) is 18.2. The molecule has 7 heteroatoms. The van der Waals surface area contributed by atoms with Crippen molar-refractivity contribution in [3.63, 3.8) is 0 Å². The summed E-state index contributed by atoms with van der Waals surface area (Å²) in [5.74, 6) is -0.236. The van der Waals surface area contributed by atoms with E-state index in [-0.39, 0.29) is 47.4 Å². The molecule has 25 heavy (non-hydrogen) atoms. The number of aromatic hydroxyl groups is 2. The summed E-state index contributed by atoms with van der Waals surface area (Å²) in [5.41, 5.74) is 4.05. The van der Waals surface area contributed by atoms with Gasteiger partial charge in [-0.3, -0.25) is 4.79 Å². The van der Waals surface area contributed by atoms with Crippen LogP contribution in [0.25, 0.3) is 0 Å². The van der Waals surface area contributed by atoms with Gasteiger partial charge in [-0.25, -0.2) is 0 Å². The fourth-order valence-corrected chi connectivity index (χ4v) is 3.78. The molecular formula is C18H20I2N2O3. The lowest BCUT2D eigenvalue weighted by Crippen LogP contribution is -2.31. The summed E-state index contributed by atoms with van der Waals surface area (Å²) in [6.45, 7) is 2.33. The van der Waals surface area contributed by atoms with Crippen molar-refractivity contribution in [3.8, 4) is 11.5 Å². The van der Waals surface area contributed by atoms with Crippen molar-refractivity contribution in [2.24, 2.45) is 0 Å². The van der Waals surface area contributed by atoms with E-state index in [1.165, 1.54) is 6.92 Å². The average molecular weight is 566 g/mol. The molecular weight excluding hydrogens is 546 g/mol. The monoisotopic (exact) mass is 566 g/mol. The number of phenolic OH excluding ortho intramolecular Hbond substituents is 2. The Morgan fingerprint density at radius 2 is 2.00 bits per heavy atom. The minimum absolute atomic E-state index is 0. The highest BCUT2D eigenvalue weighted by Gasteiger charge is 2.22. The highest BCUT2D eigenvalue weighted by atomic mass is 127. The SMILES string of the molecule is CC(=O)Nc1ccc(CC2NCCc3cc(O)c(O)cc32)cc1I.I. The van der Waals surface area contributed by atoms with Crippen LogP contribution in [0.5, 0.6) is 11.5 Å². The first kappa shape index (κ1) is 20.2. The van der Waals surface area contributed by atoms with Gasteiger partial charge in [-0.2, -0.15) is 0 Å². The van der Waals surface area contributed by atoms with E-state index in [0.717, 1.165) is 45.3 Å². The van der Waals surface area contributed by atoms with Gasteiger partial charge in [0, 0.05) is 16.5 Å². The van der Waals surface area contributed by atoms with Crippen molar-refractivity contribution in [3.05, 3.63) is 50.6 Å². The molecule has 1 aliphatic heterocycles. The van der Waals surface area contributed by atoms with E-state index in [1.54, 1.807) is 12.1 Å². The number of carbonyl (C=O) groups excluding carboxylic acids is 1. The summed E-state index contributed by atoms with van der Waals surface area (Å²) in [6.07, 6.45) is 1.60. The van der Waals surface area contributed by atoms with E-state index in [0.29, 0.717) is 0 Å². The third-order valence-electron chi connectivity index (χ3n) is 4.18. The molecule has 2 aromatic carbocycles. The summed E-state index contributed by atoms with van der Waals surface area (Å²) >= 11 is 2.22. The lowest BCUT2D eigenvalue weighted by Gasteiger charge is -2.27. The number of nitrogens with one attached hydrogen (secondary N) is 2. The van der Waals surface area contributed by atoms with Gasteiger partial charge >= 0.3 is 0 Å². The van der Waals surface area contributed by atoms with Gasteiger partial charge in [0.2, 0.25) is 5.91 Å². The van der Waals surface area contributed by atoms with Gasteiger partial charge in [-0.15, -0.1) is 24.0 Å². The zero-order chi connectivity index (χ0) is 17.3. The number of halogens is 2. The number of carbonyl (C=O) groups is 1. The molecule has 1 amide bonds. The minimum atomic E-state index is -0.0852. The van der Waals surface area contributed by atoms with Gasteiger partial charge < -0.3 is 20.8 Å². The van der Waals surface area contributed by atoms with Crippen LogP contribution in [0.1, 0.15) is 29.7 Å². The topological polar surface area (TPSA) is 81.6 Å². The molecule has 2 aromatic rings.